The monoisotopic (exact) mass is 982 g/mol. The highest BCUT2D eigenvalue weighted by molar-refractivity contribution is 6.08. The molecule has 0 bridgehead atoms. The van der Waals surface area contributed by atoms with E-state index < -0.39 is 23.5 Å². The van der Waals surface area contributed by atoms with Crippen LogP contribution in [-0.4, -0.2) is 126 Å². The molecule has 13 nitrogen and oxygen atoms in total. The molecule has 9 rings (SSSR count). The number of piperidine rings is 1. The van der Waals surface area contributed by atoms with Crippen molar-refractivity contribution in [2.75, 3.05) is 78.0 Å². The number of hydrogen-bond acceptors (Lipinski definition) is 9. The van der Waals surface area contributed by atoms with Crippen LogP contribution in [0.3, 0.4) is 0 Å². The highest BCUT2D eigenvalue weighted by atomic mass is 19.4. The number of nitrogens with zero attached hydrogens (tertiary/aromatic N) is 6. The first-order valence-electron chi connectivity index (χ1n) is 25.4. The molecule has 16 heteroatoms. The Bertz CT molecular complexity index is 2730. The maximum absolute atomic E-state index is 14.4. The third kappa shape index (κ3) is 10.4. The third-order valence-electron chi connectivity index (χ3n) is 16.1. The van der Waals surface area contributed by atoms with Crippen LogP contribution in [0.5, 0.6) is 5.75 Å². The summed E-state index contributed by atoms with van der Waals surface area (Å²) in [6, 6.07) is 19.3. The molecule has 3 atom stereocenters. The maximum atomic E-state index is 14.4. The summed E-state index contributed by atoms with van der Waals surface area (Å²) in [4.78, 5) is 61.1. The number of ether oxygens (including phenoxy) is 2. The van der Waals surface area contributed by atoms with Crippen molar-refractivity contribution in [3.63, 3.8) is 0 Å². The van der Waals surface area contributed by atoms with E-state index in [1.165, 1.54) is 24.0 Å². The Morgan fingerprint density at radius 3 is 2.32 bits per heavy atom. The topological polar surface area (TPSA) is 122 Å². The number of imidazole rings is 1. The smallest absolute Gasteiger partial charge is 0.395 e. The van der Waals surface area contributed by atoms with Crippen LogP contribution in [0, 0.1) is 11.3 Å². The number of anilines is 1. The van der Waals surface area contributed by atoms with Gasteiger partial charge in [-0.05, 0) is 139 Å². The zero-order valence-corrected chi connectivity index (χ0v) is 42.2. The number of imide groups is 1. The number of alkyl halides is 3. The second kappa shape index (κ2) is 19.9. The second-order valence-corrected chi connectivity index (χ2v) is 22.1. The van der Waals surface area contributed by atoms with E-state index in [9.17, 15) is 32.3 Å². The first-order valence-corrected chi connectivity index (χ1v) is 25.4. The molecule has 0 radical (unpaired) electrons. The lowest BCUT2D eigenvalue weighted by atomic mass is 9.67. The van der Waals surface area contributed by atoms with Gasteiger partial charge in [0.25, 0.3) is 5.91 Å². The van der Waals surface area contributed by atoms with E-state index in [1.54, 1.807) is 23.8 Å². The Kier molecular flexibility index (Phi) is 14.1. The average molecular weight is 982 g/mol. The van der Waals surface area contributed by atoms with E-state index in [0.717, 1.165) is 66.8 Å². The summed E-state index contributed by atoms with van der Waals surface area (Å²) in [7, 11) is 3.75. The summed E-state index contributed by atoms with van der Waals surface area (Å²) in [6.07, 6.45) is 3.54. The number of allylic oxidation sites excluding steroid dienone is 2. The van der Waals surface area contributed by atoms with Crippen molar-refractivity contribution in [2.24, 2.45) is 11.3 Å². The van der Waals surface area contributed by atoms with E-state index in [2.05, 4.69) is 78.5 Å². The summed E-state index contributed by atoms with van der Waals surface area (Å²) in [5, 5.41) is 2.38. The van der Waals surface area contributed by atoms with Gasteiger partial charge in [-0.15, -0.1) is 0 Å². The van der Waals surface area contributed by atoms with Crippen LogP contribution in [0.1, 0.15) is 112 Å². The minimum atomic E-state index is -4.35. The summed E-state index contributed by atoms with van der Waals surface area (Å²) < 4.78 is 58.0. The molecular weight excluding hydrogens is 912 g/mol. The number of nitrogens with one attached hydrogen (secondary N) is 1. The van der Waals surface area contributed by atoms with Crippen LogP contribution in [0.15, 0.2) is 71.5 Å². The number of amides is 3. The van der Waals surface area contributed by atoms with Gasteiger partial charge in [-0.1, -0.05) is 42.5 Å². The summed E-state index contributed by atoms with van der Waals surface area (Å²) >= 11 is 0. The van der Waals surface area contributed by atoms with E-state index in [-0.39, 0.29) is 47.9 Å². The fourth-order valence-corrected chi connectivity index (χ4v) is 12.1. The largest absolute Gasteiger partial charge is 0.497 e. The van der Waals surface area contributed by atoms with E-state index in [4.69, 9.17) is 9.47 Å². The van der Waals surface area contributed by atoms with Crippen molar-refractivity contribution >= 4 is 40.0 Å². The lowest BCUT2D eigenvalue weighted by molar-refractivity contribution is -0.217. The van der Waals surface area contributed by atoms with Gasteiger partial charge in [0.1, 0.15) is 11.8 Å². The molecule has 71 heavy (non-hydrogen) atoms. The minimum absolute atomic E-state index is 0.0706. The number of halogens is 3. The predicted octanol–water partition coefficient (Wildman–Crippen LogP) is 8.19. The van der Waals surface area contributed by atoms with E-state index >= 15 is 0 Å². The fraction of sp³-hybridized carbons (Fsp3) is 0.564. The number of hydrogen-bond donors (Lipinski definition) is 1. The standard InChI is InChI=1S/C55H70F3N7O6/c1-52(2,55(56,57)58)36-61(25-23-54(24-32-71-53(3,4)35-54)41-15-17-42(70-6)18-16-41)34-38-9-13-40(14-10-38)39-11-7-37(8-12-39)33-60(5)26-27-63-29-28-62-30-31-64-48-44(20-19-43(47(48)62)50(63)68)65(51(64)69)45-21-22-46(66)59-49(45)67/h9-11,13-20,37,45H,7-8,12,21-36H2,1-6H3,(H,59,66,67)/t37-,45?,54+/m0/s1. The first-order chi connectivity index (χ1) is 33.7. The molecule has 3 aromatic carbocycles. The van der Waals surface area contributed by atoms with Crippen LogP contribution in [0.4, 0.5) is 18.9 Å². The zero-order valence-electron chi connectivity index (χ0n) is 42.2. The molecule has 5 heterocycles. The molecule has 0 saturated carbocycles. The average Bonchev–Trinajstić information content (AvgIpc) is 3.53. The molecule has 2 saturated heterocycles. The van der Waals surface area contributed by atoms with Gasteiger partial charge in [0.2, 0.25) is 11.8 Å². The maximum Gasteiger partial charge on any atom is 0.395 e. The van der Waals surface area contributed by atoms with Crippen LogP contribution in [0.2, 0.25) is 0 Å². The van der Waals surface area contributed by atoms with E-state index in [0.29, 0.717) is 87.9 Å². The van der Waals surface area contributed by atoms with Crippen LogP contribution < -0.4 is 20.6 Å². The Morgan fingerprint density at radius 2 is 1.65 bits per heavy atom. The van der Waals surface area contributed by atoms with Gasteiger partial charge in [-0.3, -0.25) is 33.7 Å². The molecule has 5 aliphatic rings. The zero-order chi connectivity index (χ0) is 50.5. The molecule has 0 spiro atoms. The fourth-order valence-electron chi connectivity index (χ4n) is 12.1. The van der Waals surface area contributed by atoms with Crippen molar-refractivity contribution in [1.82, 2.24) is 29.2 Å². The molecule has 4 aliphatic heterocycles. The van der Waals surface area contributed by atoms with Gasteiger partial charge in [-0.2, -0.15) is 13.2 Å². The molecule has 3 amide bonds. The van der Waals surface area contributed by atoms with Gasteiger partial charge in [0.15, 0.2) is 0 Å². The Balaban J connectivity index is 0.814. The highest BCUT2D eigenvalue weighted by Crippen LogP contribution is 2.46. The molecule has 1 aliphatic carbocycles. The molecule has 1 aromatic heterocycles. The third-order valence-corrected chi connectivity index (χ3v) is 16.1. The van der Waals surface area contributed by atoms with Crippen molar-refractivity contribution in [1.29, 1.82) is 0 Å². The number of aromatic nitrogens is 2. The number of benzene rings is 3. The Morgan fingerprint density at radius 1 is 0.901 bits per heavy atom. The molecule has 4 aromatic rings. The van der Waals surface area contributed by atoms with Gasteiger partial charge >= 0.3 is 11.9 Å². The number of rotatable bonds is 16. The SMILES string of the molecule is COc1ccc([C@]2(CCN(Cc3ccc(C4=CC[C@H](CN(C)CCN5CCN6CCn7c(=O)n(C8CCC(=O)NC8=O)c8ccc(c6c87)C5=O)CC4)cc3)CC(C)(C)C(F)(F)F)CCOC(C)(C)C2)cc1. The molecule has 1 N–H and O–H groups in total. The second-order valence-electron chi connectivity index (χ2n) is 22.1. The van der Waals surface area contributed by atoms with Gasteiger partial charge in [-0.25, -0.2) is 4.79 Å². The minimum Gasteiger partial charge on any atom is -0.497 e. The Hall–Kier alpha value is -5.45. The Labute approximate surface area is 414 Å². The number of methoxy groups -OCH3 is 1. The highest BCUT2D eigenvalue weighted by Gasteiger charge is 2.49. The van der Waals surface area contributed by atoms with Crippen LogP contribution in [-0.2, 0) is 32.8 Å². The van der Waals surface area contributed by atoms with Crippen LogP contribution in [0.25, 0.3) is 16.6 Å². The van der Waals surface area contributed by atoms with Crippen molar-refractivity contribution < 1.29 is 37.0 Å². The van der Waals surface area contributed by atoms with Gasteiger partial charge in [0.05, 0.1) is 40.4 Å². The molecule has 2 fully saturated rings. The predicted molar refractivity (Wildman–Crippen MR) is 269 cm³/mol. The summed E-state index contributed by atoms with van der Waals surface area (Å²) in [5.41, 5.74) is 4.35. The first kappa shape index (κ1) is 50.5. The van der Waals surface area contributed by atoms with E-state index in [1.807, 2.05) is 21.9 Å². The summed E-state index contributed by atoms with van der Waals surface area (Å²) in [5.74, 6) is 0.340. The van der Waals surface area contributed by atoms with Crippen molar-refractivity contribution in [3.8, 4) is 5.75 Å². The van der Waals surface area contributed by atoms with Gasteiger partial charge < -0.3 is 24.2 Å². The molecule has 382 valence electrons. The van der Waals surface area contributed by atoms with Crippen molar-refractivity contribution in [3.05, 3.63) is 99.5 Å². The number of likely N-dealkylation sites (N-methyl/N-ethyl adjacent to an activating group) is 1. The normalized spacial score (nSPS) is 22.8. The van der Waals surface area contributed by atoms with Crippen molar-refractivity contribution in [2.45, 2.75) is 115 Å². The number of carbonyl (C=O) groups is 3. The lowest BCUT2D eigenvalue weighted by Gasteiger charge is -2.46. The lowest BCUT2D eigenvalue weighted by Crippen LogP contribution is -2.47. The van der Waals surface area contributed by atoms with Gasteiger partial charge in [0, 0.05) is 77.3 Å². The van der Waals surface area contributed by atoms with Crippen LogP contribution >= 0.6 is 0 Å². The molecular formula is C55H70F3N7O6. The number of carbonyl (C=O) groups excluding carboxylic acids is 3. The quantitative estimate of drug-likeness (QED) is 0.111. The molecule has 1 unspecified atom stereocenters. The summed E-state index contributed by atoms with van der Waals surface area (Å²) in [6.45, 7) is 12.5.